The lowest BCUT2D eigenvalue weighted by molar-refractivity contribution is -0.140. The number of sulfonamides is 1. The number of amides is 2. The van der Waals surface area contributed by atoms with Crippen LogP contribution in [0.2, 0.25) is 0 Å². The molecule has 0 spiro atoms. The molecule has 0 aliphatic carbocycles. The van der Waals surface area contributed by atoms with Crippen molar-refractivity contribution in [2.24, 2.45) is 0 Å². The molecule has 0 radical (unpaired) electrons. The number of anilines is 1. The van der Waals surface area contributed by atoms with E-state index < -0.39 is 34.3 Å². The lowest BCUT2D eigenvalue weighted by Gasteiger charge is -2.33. The van der Waals surface area contributed by atoms with Gasteiger partial charge in [-0.25, -0.2) is 12.8 Å². The highest BCUT2D eigenvalue weighted by Crippen LogP contribution is 2.27. The Morgan fingerprint density at radius 2 is 1.55 bits per heavy atom. The average Bonchev–Trinajstić information content (AvgIpc) is 2.92. The standard InChI is InChI=1S/C29H34FN3O4S/c1-4-19-31-29(35)26(5-2)32(20-23-17-15-22(3)16-18-23)28(34)21-33(27-14-10-9-13-25(27)30)38(36,37)24-11-7-6-8-12-24/h6-18,26H,4-5,19-21H2,1-3H3,(H,31,35)/t26-/m1/s1. The van der Waals surface area contributed by atoms with E-state index in [9.17, 15) is 22.4 Å². The van der Waals surface area contributed by atoms with Crippen LogP contribution in [0.4, 0.5) is 10.1 Å². The molecule has 3 rings (SSSR count). The predicted octanol–water partition coefficient (Wildman–Crippen LogP) is 4.66. The molecule has 0 heterocycles. The Morgan fingerprint density at radius 1 is 0.921 bits per heavy atom. The van der Waals surface area contributed by atoms with Crippen molar-refractivity contribution in [2.75, 3.05) is 17.4 Å². The molecule has 0 aliphatic heterocycles. The van der Waals surface area contributed by atoms with Gasteiger partial charge < -0.3 is 10.2 Å². The smallest absolute Gasteiger partial charge is 0.264 e. The number of hydrogen-bond donors (Lipinski definition) is 1. The molecule has 202 valence electrons. The Balaban J connectivity index is 2.04. The Bertz CT molecular complexity index is 1330. The summed E-state index contributed by atoms with van der Waals surface area (Å²) >= 11 is 0. The minimum absolute atomic E-state index is 0.0751. The van der Waals surface area contributed by atoms with Crippen LogP contribution in [0.3, 0.4) is 0 Å². The molecule has 1 N–H and O–H groups in total. The van der Waals surface area contributed by atoms with Gasteiger partial charge in [-0.3, -0.25) is 13.9 Å². The second kappa shape index (κ2) is 13.2. The number of carbonyl (C=O) groups is 2. The van der Waals surface area contributed by atoms with Gasteiger partial charge in [0.15, 0.2) is 0 Å². The fraction of sp³-hybridized carbons (Fsp3) is 0.310. The zero-order valence-corrected chi connectivity index (χ0v) is 22.7. The average molecular weight is 540 g/mol. The molecule has 1 atom stereocenters. The lowest BCUT2D eigenvalue weighted by atomic mass is 10.1. The molecule has 0 saturated heterocycles. The van der Waals surface area contributed by atoms with E-state index in [0.717, 1.165) is 27.9 Å². The molecule has 0 aromatic heterocycles. The molecule has 2 amide bonds. The van der Waals surface area contributed by atoms with E-state index in [-0.39, 0.29) is 23.0 Å². The number of benzene rings is 3. The Morgan fingerprint density at radius 3 is 2.16 bits per heavy atom. The highest BCUT2D eigenvalue weighted by Gasteiger charge is 2.34. The number of para-hydroxylation sites is 1. The van der Waals surface area contributed by atoms with E-state index >= 15 is 0 Å². The third kappa shape index (κ3) is 6.98. The summed E-state index contributed by atoms with van der Waals surface area (Å²) in [6.07, 6.45) is 1.04. The molecule has 7 nitrogen and oxygen atoms in total. The number of nitrogens with zero attached hydrogens (tertiary/aromatic N) is 2. The fourth-order valence-electron chi connectivity index (χ4n) is 4.06. The van der Waals surface area contributed by atoms with Crippen LogP contribution >= 0.6 is 0 Å². The van der Waals surface area contributed by atoms with Gasteiger partial charge in [0.2, 0.25) is 11.8 Å². The molecule has 0 bridgehead atoms. The first-order chi connectivity index (χ1) is 18.2. The first-order valence-corrected chi connectivity index (χ1v) is 14.1. The molecule has 9 heteroatoms. The van der Waals surface area contributed by atoms with Crippen molar-refractivity contribution in [3.05, 3.63) is 95.8 Å². The first kappa shape index (κ1) is 28.8. The van der Waals surface area contributed by atoms with E-state index in [1.807, 2.05) is 38.1 Å². The van der Waals surface area contributed by atoms with Crippen molar-refractivity contribution in [3.63, 3.8) is 0 Å². The Hall–Kier alpha value is -3.72. The van der Waals surface area contributed by atoms with Crippen molar-refractivity contribution in [1.82, 2.24) is 10.2 Å². The minimum Gasteiger partial charge on any atom is -0.354 e. The maximum Gasteiger partial charge on any atom is 0.264 e. The molecule has 38 heavy (non-hydrogen) atoms. The van der Waals surface area contributed by atoms with Gasteiger partial charge in [0.1, 0.15) is 18.4 Å². The van der Waals surface area contributed by atoms with Crippen LogP contribution in [-0.4, -0.2) is 44.3 Å². The summed E-state index contributed by atoms with van der Waals surface area (Å²) in [5.74, 6) is -1.72. The molecule has 0 aliphatic rings. The number of carbonyl (C=O) groups excluding carboxylic acids is 2. The van der Waals surface area contributed by atoms with Gasteiger partial charge in [-0.1, -0.05) is 74.0 Å². The molecular weight excluding hydrogens is 505 g/mol. The largest absolute Gasteiger partial charge is 0.354 e. The Kier molecular flexibility index (Phi) is 10.0. The van der Waals surface area contributed by atoms with Crippen LogP contribution in [0, 0.1) is 12.7 Å². The zero-order chi connectivity index (χ0) is 27.7. The van der Waals surface area contributed by atoms with Gasteiger partial charge in [0.25, 0.3) is 10.0 Å². The van der Waals surface area contributed by atoms with Crippen molar-refractivity contribution in [2.45, 2.75) is 51.1 Å². The molecule has 3 aromatic rings. The molecule has 0 unspecified atom stereocenters. The summed E-state index contributed by atoms with van der Waals surface area (Å²) in [7, 11) is -4.31. The summed E-state index contributed by atoms with van der Waals surface area (Å²) in [6, 6.07) is 19.7. The van der Waals surface area contributed by atoms with E-state index in [1.165, 1.54) is 35.2 Å². The predicted molar refractivity (Wildman–Crippen MR) is 146 cm³/mol. The fourth-order valence-corrected chi connectivity index (χ4v) is 5.51. The maximum atomic E-state index is 14.9. The van der Waals surface area contributed by atoms with Crippen molar-refractivity contribution in [1.29, 1.82) is 0 Å². The highest BCUT2D eigenvalue weighted by atomic mass is 32.2. The number of rotatable bonds is 12. The van der Waals surface area contributed by atoms with Crippen LogP contribution in [0.1, 0.15) is 37.8 Å². The summed E-state index contributed by atoms with van der Waals surface area (Å²) in [4.78, 5) is 28.2. The van der Waals surface area contributed by atoms with E-state index in [4.69, 9.17) is 0 Å². The van der Waals surface area contributed by atoms with Crippen molar-refractivity contribution in [3.8, 4) is 0 Å². The number of hydrogen-bond acceptors (Lipinski definition) is 4. The summed E-state index contributed by atoms with van der Waals surface area (Å²) < 4.78 is 43.0. The van der Waals surface area contributed by atoms with Crippen molar-refractivity contribution < 1.29 is 22.4 Å². The molecule has 0 fully saturated rings. The van der Waals surface area contributed by atoms with Gasteiger partial charge in [-0.05, 0) is 49.6 Å². The van der Waals surface area contributed by atoms with Gasteiger partial charge >= 0.3 is 0 Å². The normalized spacial score (nSPS) is 12.0. The molecule has 0 saturated carbocycles. The number of aryl methyl sites for hydroxylation is 1. The van der Waals surface area contributed by atoms with E-state index in [2.05, 4.69) is 5.32 Å². The monoisotopic (exact) mass is 539 g/mol. The second-order valence-corrected chi connectivity index (χ2v) is 10.9. The van der Waals surface area contributed by atoms with Gasteiger partial charge in [0.05, 0.1) is 10.6 Å². The maximum absolute atomic E-state index is 14.9. The number of halogens is 1. The summed E-state index contributed by atoms with van der Waals surface area (Å²) in [5, 5.41) is 2.84. The summed E-state index contributed by atoms with van der Waals surface area (Å²) in [5.41, 5.74) is 1.58. The van der Waals surface area contributed by atoms with Gasteiger partial charge in [0, 0.05) is 13.1 Å². The second-order valence-electron chi connectivity index (χ2n) is 9.00. The van der Waals surface area contributed by atoms with Crippen LogP contribution in [0.5, 0.6) is 0 Å². The van der Waals surface area contributed by atoms with Crippen LogP contribution in [0.15, 0.2) is 83.8 Å². The quantitative estimate of drug-likeness (QED) is 0.363. The SMILES string of the molecule is CCCNC(=O)[C@@H](CC)N(Cc1ccc(C)cc1)C(=O)CN(c1ccccc1F)S(=O)(=O)c1ccccc1. The van der Waals surface area contributed by atoms with E-state index in [0.29, 0.717) is 13.0 Å². The van der Waals surface area contributed by atoms with E-state index in [1.54, 1.807) is 25.1 Å². The number of nitrogens with one attached hydrogen (secondary N) is 1. The third-order valence-corrected chi connectivity index (χ3v) is 7.91. The van der Waals surface area contributed by atoms with Crippen LogP contribution in [0.25, 0.3) is 0 Å². The lowest BCUT2D eigenvalue weighted by Crippen LogP contribution is -2.52. The molecular formula is C29H34FN3O4S. The van der Waals surface area contributed by atoms with Crippen molar-refractivity contribution >= 4 is 27.5 Å². The summed E-state index contributed by atoms with van der Waals surface area (Å²) in [6.45, 7) is 5.53. The van der Waals surface area contributed by atoms with Crippen LogP contribution in [-0.2, 0) is 26.2 Å². The topological polar surface area (TPSA) is 86.8 Å². The first-order valence-electron chi connectivity index (χ1n) is 12.6. The third-order valence-electron chi connectivity index (χ3n) is 6.14. The Labute approximate surface area is 224 Å². The molecule has 3 aromatic carbocycles. The van der Waals surface area contributed by atoms with Gasteiger partial charge in [-0.15, -0.1) is 0 Å². The van der Waals surface area contributed by atoms with Crippen LogP contribution < -0.4 is 9.62 Å². The zero-order valence-electron chi connectivity index (χ0n) is 21.9. The minimum atomic E-state index is -4.31. The van der Waals surface area contributed by atoms with Gasteiger partial charge in [-0.2, -0.15) is 0 Å². The highest BCUT2D eigenvalue weighted by molar-refractivity contribution is 7.92.